The molecule has 0 radical (unpaired) electrons. The number of phosphoric acid groups is 1. The van der Waals surface area contributed by atoms with Crippen LogP contribution in [0.25, 0.3) is 0 Å². The molecule has 0 bridgehead atoms. The molecule has 78 valence electrons. The van der Waals surface area contributed by atoms with Crippen LogP contribution in [0, 0.1) is 0 Å². The van der Waals surface area contributed by atoms with Gasteiger partial charge in [-0.25, -0.2) is 0 Å². The first-order valence-corrected chi connectivity index (χ1v) is 4.43. The number of hydrogen-bond donors (Lipinski definition) is 2. The average molecular weight is 213 g/mol. The van der Waals surface area contributed by atoms with E-state index in [0.717, 1.165) is 0 Å². The van der Waals surface area contributed by atoms with Crippen LogP contribution >= 0.6 is 7.82 Å². The zero-order chi connectivity index (χ0) is 10.6. The zero-order valence-electron chi connectivity index (χ0n) is 6.15. The topological polar surface area (TPSA) is 153 Å². The number of rotatable bonds is 5. The first-order chi connectivity index (χ1) is 5.74. The molecule has 0 fully saturated rings. The molecule has 13 heavy (non-hydrogen) atoms. The first-order valence-electron chi connectivity index (χ1n) is 2.97. The first kappa shape index (κ1) is 12.5. The molecule has 8 nitrogen and oxygen atoms in total. The summed E-state index contributed by atoms with van der Waals surface area (Å²) in [7, 11) is -5.27. The average Bonchev–Trinajstić information content (AvgIpc) is 1.97. The van der Waals surface area contributed by atoms with Gasteiger partial charge in [0.05, 0.1) is 20.4 Å². The van der Waals surface area contributed by atoms with Crippen molar-refractivity contribution in [1.29, 1.82) is 0 Å². The summed E-state index contributed by atoms with van der Waals surface area (Å²) in [6, 6.07) is 0. The molecule has 0 heterocycles. The van der Waals surface area contributed by atoms with Crippen LogP contribution in [0.3, 0.4) is 0 Å². The van der Waals surface area contributed by atoms with Gasteiger partial charge < -0.3 is 39.0 Å². The number of aliphatic carboxylic acids is 1. The van der Waals surface area contributed by atoms with Crippen LogP contribution in [-0.4, -0.2) is 35.0 Å². The number of carboxylic acids is 1. The maximum Gasteiger partial charge on any atom is 0.121 e. The van der Waals surface area contributed by atoms with Gasteiger partial charge in [-0.3, -0.25) is 0 Å². The standard InChI is InChI=1S/C4H9O8P/c5-2(3(6)4(7)8)1-12-13(9,10)11/h2-3,5-6H,1H2,(H,7,8)(H2,9,10,11)/p-3. The third kappa shape index (κ3) is 5.69. The van der Waals surface area contributed by atoms with Gasteiger partial charge in [0.15, 0.2) is 0 Å². The van der Waals surface area contributed by atoms with Crippen molar-refractivity contribution in [2.24, 2.45) is 0 Å². The predicted octanol–water partition coefficient (Wildman–Crippen LogP) is -4.70. The molecule has 0 saturated carbocycles. The number of carbonyl (C=O) groups is 1. The lowest BCUT2D eigenvalue weighted by molar-refractivity contribution is -0.344. The van der Waals surface area contributed by atoms with E-state index in [-0.39, 0.29) is 0 Å². The molecule has 0 spiro atoms. The van der Waals surface area contributed by atoms with Crippen molar-refractivity contribution in [1.82, 2.24) is 0 Å². The highest BCUT2D eigenvalue weighted by atomic mass is 31.2. The Morgan fingerprint density at radius 2 is 1.92 bits per heavy atom. The normalized spacial score (nSPS) is 16.6. The van der Waals surface area contributed by atoms with Gasteiger partial charge in [0, 0.05) is 0 Å². The van der Waals surface area contributed by atoms with Crippen molar-refractivity contribution >= 4 is 13.8 Å². The Balaban J connectivity index is 3.95. The Hall–Kier alpha value is -0.500. The predicted molar refractivity (Wildman–Crippen MR) is 30.6 cm³/mol. The van der Waals surface area contributed by atoms with Gasteiger partial charge in [-0.2, -0.15) is 0 Å². The molecule has 0 rings (SSSR count). The Bertz CT molecular complexity index is 220. The highest BCUT2D eigenvalue weighted by molar-refractivity contribution is 7.43. The van der Waals surface area contributed by atoms with E-state index in [2.05, 4.69) is 4.52 Å². The van der Waals surface area contributed by atoms with Crippen LogP contribution in [0.2, 0.25) is 0 Å². The quantitative estimate of drug-likeness (QED) is 0.432. The molecule has 0 aromatic rings. The smallest absolute Gasteiger partial charge is 0.121 e. The van der Waals surface area contributed by atoms with Gasteiger partial charge in [-0.1, -0.05) is 0 Å². The largest absolute Gasteiger partial charge is 0.790 e. The maximum atomic E-state index is 9.86. The number of hydrogen-bond acceptors (Lipinski definition) is 8. The molecule has 9 heteroatoms. The van der Waals surface area contributed by atoms with Gasteiger partial charge in [0.2, 0.25) is 0 Å². The summed E-state index contributed by atoms with van der Waals surface area (Å²) >= 11 is 0. The molecule has 0 aliphatic carbocycles. The summed E-state index contributed by atoms with van der Waals surface area (Å²) in [6.45, 7) is -1.13. The monoisotopic (exact) mass is 213 g/mol. The molecular formula is C4H6O8P-3. The summed E-state index contributed by atoms with van der Waals surface area (Å²) in [6.07, 6.45) is -4.33. The zero-order valence-corrected chi connectivity index (χ0v) is 7.05. The van der Waals surface area contributed by atoms with Crippen molar-refractivity contribution in [3.8, 4) is 0 Å². The molecule has 0 aromatic heterocycles. The summed E-state index contributed by atoms with van der Waals surface area (Å²) in [4.78, 5) is 29.5. The van der Waals surface area contributed by atoms with Gasteiger partial charge in [-0.05, 0) is 0 Å². The molecule has 2 atom stereocenters. The second-order valence-corrected chi connectivity index (χ2v) is 3.23. The Labute approximate surface area is 72.6 Å². The maximum absolute atomic E-state index is 9.86. The number of carboxylic acid groups (broad SMARTS) is 1. The van der Waals surface area contributed by atoms with E-state index in [4.69, 9.17) is 10.2 Å². The van der Waals surface area contributed by atoms with Crippen LogP contribution in [-0.2, 0) is 13.9 Å². The van der Waals surface area contributed by atoms with Gasteiger partial charge in [0.1, 0.15) is 12.2 Å². The van der Waals surface area contributed by atoms with E-state index in [1.54, 1.807) is 0 Å². The lowest BCUT2D eigenvalue weighted by atomic mass is 10.2. The molecule has 2 unspecified atom stereocenters. The van der Waals surface area contributed by atoms with E-state index < -0.39 is 32.6 Å². The molecule has 0 aliphatic rings. The fourth-order valence-electron chi connectivity index (χ4n) is 0.416. The molecule has 0 saturated heterocycles. The summed E-state index contributed by atoms with van der Waals surface area (Å²) in [5.74, 6) is -2.00. The minimum atomic E-state index is -5.27. The van der Waals surface area contributed by atoms with E-state index in [1.807, 2.05) is 0 Å². The Morgan fingerprint density at radius 3 is 2.23 bits per heavy atom. The van der Waals surface area contributed by atoms with Crippen molar-refractivity contribution in [3.63, 3.8) is 0 Å². The van der Waals surface area contributed by atoms with Crippen molar-refractivity contribution in [2.45, 2.75) is 12.2 Å². The Kier molecular flexibility index (Phi) is 4.48. The van der Waals surface area contributed by atoms with Crippen LogP contribution < -0.4 is 14.9 Å². The molecular weight excluding hydrogens is 207 g/mol. The van der Waals surface area contributed by atoms with Crippen LogP contribution in [0.4, 0.5) is 0 Å². The van der Waals surface area contributed by atoms with Crippen LogP contribution in [0.15, 0.2) is 0 Å². The number of aliphatic hydroxyl groups is 2. The van der Waals surface area contributed by atoms with Crippen molar-refractivity contribution in [3.05, 3.63) is 0 Å². The molecule has 2 N–H and O–H groups in total. The number of carbonyl (C=O) groups excluding carboxylic acids is 1. The van der Waals surface area contributed by atoms with Crippen LogP contribution in [0.5, 0.6) is 0 Å². The van der Waals surface area contributed by atoms with Crippen LogP contribution in [0.1, 0.15) is 0 Å². The number of phosphoric ester groups is 1. The van der Waals surface area contributed by atoms with E-state index in [0.29, 0.717) is 0 Å². The lowest BCUT2D eigenvalue weighted by Gasteiger charge is -2.30. The highest BCUT2D eigenvalue weighted by Crippen LogP contribution is 2.24. The van der Waals surface area contributed by atoms with E-state index in [1.165, 1.54) is 0 Å². The van der Waals surface area contributed by atoms with Crippen molar-refractivity contribution in [2.75, 3.05) is 6.61 Å². The Morgan fingerprint density at radius 1 is 1.46 bits per heavy atom. The third-order valence-corrected chi connectivity index (χ3v) is 1.47. The molecule has 0 aliphatic heterocycles. The second-order valence-electron chi connectivity index (χ2n) is 2.07. The fraction of sp³-hybridized carbons (Fsp3) is 0.750. The third-order valence-electron chi connectivity index (χ3n) is 1.01. The van der Waals surface area contributed by atoms with E-state index >= 15 is 0 Å². The molecule has 0 amide bonds. The lowest BCUT2D eigenvalue weighted by Crippen LogP contribution is -2.45. The second kappa shape index (κ2) is 4.66. The SMILES string of the molecule is O=C([O-])C(O)C(O)COP(=O)([O-])[O-]. The number of aliphatic hydroxyl groups excluding tert-OH is 2. The van der Waals surface area contributed by atoms with Gasteiger partial charge in [0.25, 0.3) is 0 Å². The summed E-state index contributed by atoms with van der Waals surface area (Å²) in [5.41, 5.74) is 0. The fourth-order valence-corrected chi connectivity index (χ4v) is 0.751. The molecule has 0 aromatic carbocycles. The summed E-state index contributed by atoms with van der Waals surface area (Å²) in [5, 5.41) is 27.0. The summed E-state index contributed by atoms with van der Waals surface area (Å²) < 4.78 is 13.3. The van der Waals surface area contributed by atoms with Gasteiger partial charge in [-0.15, -0.1) is 0 Å². The minimum absolute atomic E-state index is 1.13. The van der Waals surface area contributed by atoms with Gasteiger partial charge >= 0.3 is 0 Å². The minimum Gasteiger partial charge on any atom is -0.790 e. The highest BCUT2D eigenvalue weighted by Gasteiger charge is 2.17. The van der Waals surface area contributed by atoms with E-state index in [9.17, 15) is 24.3 Å². The van der Waals surface area contributed by atoms with Crippen molar-refractivity contribution < 1.29 is 39.0 Å².